The van der Waals surface area contributed by atoms with E-state index < -0.39 is 0 Å². The van der Waals surface area contributed by atoms with Crippen molar-refractivity contribution in [3.8, 4) is 17.1 Å². The molecule has 0 aliphatic heterocycles. The van der Waals surface area contributed by atoms with Crippen LogP contribution in [0.4, 0.5) is 0 Å². The first-order valence-corrected chi connectivity index (χ1v) is 13.8. The lowest BCUT2D eigenvalue weighted by atomic mass is 9.77. The normalized spacial score (nSPS) is 18.4. The van der Waals surface area contributed by atoms with Gasteiger partial charge in [-0.15, -0.1) is 0 Å². The van der Waals surface area contributed by atoms with E-state index in [0.717, 1.165) is 36.1 Å². The number of hydrogen-bond donors (Lipinski definition) is 0. The summed E-state index contributed by atoms with van der Waals surface area (Å²) in [7, 11) is 0. The Morgan fingerprint density at radius 3 is 2.00 bits per heavy atom. The van der Waals surface area contributed by atoms with Gasteiger partial charge in [-0.25, -0.2) is 9.97 Å². The highest BCUT2D eigenvalue weighted by Gasteiger charge is 2.22. The predicted molar refractivity (Wildman–Crippen MR) is 140 cm³/mol. The van der Waals surface area contributed by atoms with E-state index in [1.807, 2.05) is 12.1 Å². The van der Waals surface area contributed by atoms with E-state index in [1.54, 1.807) is 0 Å². The van der Waals surface area contributed by atoms with E-state index in [1.165, 1.54) is 95.5 Å². The highest BCUT2D eigenvalue weighted by Crippen LogP contribution is 2.37. The van der Waals surface area contributed by atoms with E-state index >= 15 is 0 Å². The number of ether oxygens (including phenoxy) is 1. The van der Waals surface area contributed by atoms with E-state index in [2.05, 4.69) is 38.4 Å². The van der Waals surface area contributed by atoms with Crippen molar-refractivity contribution in [2.75, 3.05) is 6.61 Å². The van der Waals surface area contributed by atoms with Crippen molar-refractivity contribution in [3.63, 3.8) is 0 Å². The lowest BCUT2D eigenvalue weighted by molar-refractivity contribution is 0.302. The van der Waals surface area contributed by atoms with E-state index in [4.69, 9.17) is 14.7 Å². The molecule has 33 heavy (non-hydrogen) atoms. The second-order valence-corrected chi connectivity index (χ2v) is 10.0. The molecule has 3 nitrogen and oxygen atoms in total. The van der Waals surface area contributed by atoms with E-state index in [9.17, 15) is 0 Å². The van der Waals surface area contributed by atoms with Crippen molar-refractivity contribution in [1.82, 2.24) is 9.97 Å². The Morgan fingerprint density at radius 2 is 1.33 bits per heavy atom. The third kappa shape index (κ3) is 9.10. The van der Waals surface area contributed by atoms with E-state index in [0.29, 0.717) is 5.92 Å². The maximum atomic E-state index is 5.92. The van der Waals surface area contributed by atoms with Crippen LogP contribution in [-0.4, -0.2) is 16.6 Å². The zero-order valence-corrected chi connectivity index (χ0v) is 21.2. The summed E-state index contributed by atoms with van der Waals surface area (Å²) in [5.41, 5.74) is 2.38. The maximum absolute atomic E-state index is 5.92. The molecule has 3 rings (SSSR count). The molecule has 1 fully saturated rings. The van der Waals surface area contributed by atoms with Crippen molar-refractivity contribution in [1.29, 1.82) is 0 Å². The second kappa shape index (κ2) is 15.1. The molecule has 3 heteroatoms. The Bertz CT molecular complexity index is 748. The minimum Gasteiger partial charge on any atom is -0.494 e. The van der Waals surface area contributed by atoms with Gasteiger partial charge in [0.25, 0.3) is 0 Å². The van der Waals surface area contributed by atoms with Gasteiger partial charge in [0.1, 0.15) is 5.75 Å². The third-order valence-electron chi connectivity index (χ3n) is 7.34. The second-order valence-electron chi connectivity index (χ2n) is 10.0. The molecule has 0 spiro atoms. The van der Waals surface area contributed by atoms with Crippen molar-refractivity contribution in [2.45, 2.75) is 116 Å². The molecule has 0 bridgehead atoms. The van der Waals surface area contributed by atoms with Crippen LogP contribution in [0.5, 0.6) is 5.75 Å². The summed E-state index contributed by atoms with van der Waals surface area (Å²) in [6.45, 7) is 5.36. The molecular formula is C30H46N2O. The summed E-state index contributed by atoms with van der Waals surface area (Å²) in [4.78, 5) is 9.40. The van der Waals surface area contributed by atoms with Crippen molar-refractivity contribution in [2.24, 2.45) is 5.92 Å². The van der Waals surface area contributed by atoms with Gasteiger partial charge in [-0.1, -0.05) is 78.1 Å². The smallest absolute Gasteiger partial charge is 0.159 e. The van der Waals surface area contributed by atoms with Crippen LogP contribution in [0.1, 0.15) is 122 Å². The molecule has 1 aromatic heterocycles. The fourth-order valence-electron chi connectivity index (χ4n) is 5.11. The molecule has 0 saturated heterocycles. The van der Waals surface area contributed by atoms with Gasteiger partial charge in [0, 0.05) is 18.0 Å². The van der Waals surface area contributed by atoms with Gasteiger partial charge in [-0.2, -0.15) is 0 Å². The van der Waals surface area contributed by atoms with E-state index in [-0.39, 0.29) is 0 Å². The highest BCUT2D eigenvalue weighted by molar-refractivity contribution is 5.56. The summed E-state index contributed by atoms with van der Waals surface area (Å²) in [6.07, 6.45) is 24.2. The fourth-order valence-corrected chi connectivity index (χ4v) is 5.11. The summed E-state index contributed by atoms with van der Waals surface area (Å²) in [5.74, 6) is 3.34. The summed E-state index contributed by atoms with van der Waals surface area (Å²) < 4.78 is 5.92. The average Bonchev–Trinajstić information content (AvgIpc) is 2.87. The van der Waals surface area contributed by atoms with Gasteiger partial charge < -0.3 is 4.74 Å². The van der Waals surface area contributed by atoms with Crippen LogP contribution >= 0.6 is 0 Å². The van der Waals surface area contributed by atoms with Gasteiger partial charge in [-0.05, 0) is 73.8 Å². The largest absolute Gasteiger partial charge is 0.494 e. The van der Waals surface area contributed by atoms with Crippen LogP contribution in [0, 0.1) is 5.92 Å². The molecule has 0 unspecified atom stereocenters. The molecule has 1 aliphatic carbocycles. The van der Waals surface area contributed by atoms with Crippen LogP contribution in [0.3, 0.4) is 0 Å². The van der Waals surface area contributed by atoms with Gasteiger partial charge >= 0.3 is 0 Å². The quantitative estimate of drug-likeness (QED) is 0.254. The number of unbranched alkanes of at least 4 members (excludes halogenated alkanes) is 8. The Labute approximate surface area is 202 Å². The Kier molecular flexibility index (Phi) is 11.8. The SMILES string of the molecule is CCCCCCCCCOc1ccc(-c2ncc(C3CCC(CCCCC)CC3)cn2)cc1. The number of hydrogen-bond acceptors (Lipinski definition) is 3. The molecule has 1 aliphatic rings. The number of nitrogens with zero attached hydrogens (tertiary/aromatic N) is 2. The predicted octanol–water partition coefficient (Wildman–Crippen LogP) is 9.13. The zero-order valence-electron chi connectivity index (χ0n) is 21.2. The van der Waals surface area contributed by atoms with Gasteiger partial charge in [0.2, 0.25) is 0 Å². The van der Waals surface area contributed by atoms with Crippen LogP contribution in [0.2, 0.25) is 0 Å². The molecule has 0 radical (unpaired) electrons. The van der Waals surface area contributed by atoms with Crippen LogP contribution < -0.4 is 4.74 Å². The van der Waals surface area contributed by atoms with Gasteiger partial charge in [-0.3, -0.25) is 0 Å². The Balaban J connectivity index is 1.38. The summed E-state index contributed by atoms with van der Waals surface area (Å²) in [5, 5.41) is 0. The summed E-state index contributed by atoms with van der Waals surface area (Å²) >= 11 is 0. The summed E-state index contributed by atoms with van der Waals surface area (Å²) in [6, 6.07) is 8.26. The highest BCUT2D eigenvalue weighted by atomic mass is 16.5. The zero-order chi connectivity index (χ0) is 23.1. The number of rotatable bonds is 15. The van der Waals surface area contributed by atoms with Crippen molar-refractivity contribution >= 4 is 0 Å². The number of aromatic nitrogens is 2. The Morgan fingerprint density at radius 1 is 0.727 bits per heavy atom. The first-order valence-electron chi connectivity index (χ1n) is 13.8. The van der Waals surface area contributed by atoms with Gasteiger partial charge in [0.05, 0.1) is 6.61 Å². The Hall–Kier alpha value is -1.90. The molecule has 182 valence electrons. The van der Waals surface area contributed by atoms with Crippen LogP contribution in [-0.2, 0) is 0 Å². The molecule has 0 atom stereocenters. The van der Waals surface area contributed by atoms with Gasteiger partial charge in [0.15, 0.2) is 5.82 Å². The lowest BCUT2D eigenvalue weighted by Gasteiger charge is -2.28. The minimum absolute atomic E-state index is 0.642. The minimum atomic E-state index is 0.642. The molecular weight excluding hydrogens is 404 g/mol. The maximum Gasteiger partial charge on any atom is 0.159 e. The topological polar surface area (TPSA) is 35.0 Å². The molecule has 0 amide bonds. The molecule has 1 aromatic carbocycles. The third-order valence-corrected chi connectivity index (χ3v) is 7.34. The van der Waals surface area contributed by atoms with Crippen molar-refractivity contribution < 1.29 is 4.74 Å². The molecule has 1 heterocycles. The average molecular weight is 451 g/mol. The number of benzene rings is 1. The standard InChI is InChI=1S/C30H46N2O/c1-3-5-7-8-9-10-12-22-33-29-20-18-27(19-21-29)30-31-23-28(24-32-30)26-16-14-25(15-17-26)13-11-6-4-2/h18-21,23-26H,3-17,22H2,1-2H3. The molecule has 0 N–H and O–H groups in total. The molecule has 1 saturated carbocycles. The fraction of sp³-hybridized carbons (Fsp3) is 0.667. The first-order chi connectivity index (χ1) is 16.3. The van der Waals surface area contributed by atoms with Crippen LogP contribution in [0.25, 0.3) is 11.4 Å². The van der Waals surface area contributed by atoms with Crippen LogP contribution in [0.15, 0.2) is 36.7 Å². The first kappa shape index (κ1) is 25.7. The molecule has 2 aromatic rings. The lowest BCUT2D eigenvalue weighted by Crippen LogP contribution is -2.14. The van der Waals surface area contributed by atoms with Crippen molar-refractivity contribution in [3.05, 3.63) is 42.2 Å². The monoisotopic (exact) mass is 450 g/mol.